The van der Waals surface area contributed by atoms with Crippen LogP contribution in [0, 0.1) is 0 Å². The van der Waals surface area contributed by atoms with Crippen LogP contribution < -0.4 is 0 Å². The minimum atomic E-state index is -2.21. The van der Waals surface area contributed by atoms with Crippen molar-refractivity contribution in [2.45, 2.75) is 221 Å². The van der Waals surface area contributed by atoms with E-state index in [0.717, 1.165) is 0 Å². The predicted octanol–water partition coefficient (Wildman–Crippen LogP) is -14.8. The van der Waals surface area contributed by atoms with Gasteiger partial charge in [-0.15, -0.1) is 0 Å². The third kappa shape index (κ3) is 12.4. The molecule has 19 aliphatic rings. The Morgan fingerprint density at radius 3 is 0.564 bits per heavy atom. The van der Waals surface area contributed by atoms with Crippen LogP contribution in [0.5, 0.6) is 0 Å². The second-order valence-corrected chi connectivity index (χ2v) is 20.0. The Labute approximate surface area is 440 Å². The van der Waals surface area contributed by atoms with E-state index in [1.165, 1.54) is 0 Å². The lowest BCUT2D eigenvalue weighted by atomic mass is 9.95. The van der Waals surface area contributed by atoms with Crippen LogP contribution in [0.3, 0.4) is 0 Å². The van der Waals surface area contributed by atoms with E-state index in [4.69, 9.17) is 66.3 Å². The number of rotatable bonds is 7. The molecule has 0 amide bonds. The zero-order chi connectivity index (χ0) is 56.8. The Balaban J connectivity index is 1.08. The molecular formula is C43H72O35. The number of ether oxygens (including phenoxy) is 14. The summed E-state index contributed by atoms with van der Waals surface area (Å²) >= 11 is 0. The van der Waals surface area contributed by atoms with Crippen molar-refractivity contribution in [3.05, 3.63) is 0 Å². The van der Waals surface area contributed by atoms with Gasteiger partial charge in [0.25, 0.3) is 0 Å². The van der Waals surface area contributed by atoms with Crippen molar-refractivity contribution < 1.29 is 174 Å². The van der Waals surface area contributed by atoms with E-state index in [9.17, 15) is 107 Å². The van der Waals surface area contributed by atoms with Gasteiger partial charge in [-0.05, 0) is 0 Å². The standard InChI is InChI=1S/C43H72O35/c44-2-11-30-9(51)1-10(52)37(65-11)73-31-12(3-45)67-39(25(60)18(31)53)75-33-14(5-47)69-41(27(62)20(33)55)77-35-16(7-49)71-43(29(64)22(35)57)78-36-17(8-50)70-42(28(63)23(36)58)76-34-15(6-48)68-40(26(61)21(34)56)74-32-13(4-46)66-38(72-30)24(59)19(32)54/h9-64H,1-8H2/t9?,10?,11?,12?,13?,14?,15?,16?,17?,18?,19?,20?,21-,22?,23?,24?,25-,26?,27-,28-,29-,30+,31-,32-,33-,34-,35-,36-,37-,38-,39-,40-,41-,42-,43-/m1/s1. The number of aliphatic hydroxyl groups excluding tert-OH is 21. The van der Waals surface area contributed by atoms with E-state index in [0.29, 0.717) is 0 Å². The van der Waals surface area contributed by atoms with E-state index in [-0.39, 0.29) is 0 Å². The third-order valence-corrected chi connectivity index (χ3v) is 15.0. The van der Waals surface area contributed by atoms with Crippen molar-refractivity contribution in [3.63, 3.8) is 0 Å². The van der Waals surface area contributed by atoms with Crippen LogP contribution in [0.4, 0.5) is 0 Å². The molecule has 0 aliphatic carbocycles. The highest BCUT2D eigenvalue weighted by atomic mass is 16.8. The average molecular weight is 1150 g/mol. The van der Waals surface area contributed by atoms with Crippen LogP contribution in [0.1, 0.15) is 6.42 Å². The first-order chi connectivity index (χ1) is 37.1. The molecule has 14 bridgehead atoms. The molecule has 0 spiro atoms. The molecule has 19 rings (SSSR count). The van der Waals surface area contributed by atoms with Crippen molar-refractivity contribution in [3.8, 4) is 0 Å². The molecule has 35 heteroatoms. The van der Waals surface area contributed by atoms with Crippen LogP contribution in [-0.4, -0.2) is 368 Å². The van der Waals surface area contributed by atoms with Gasteiger partial charge in [-0.3, -0.25) is 0 Å². The van der Waals surface area contributed by atoms with Gasteiger partial charge in [0, 0.05) is 6.42 Å². The second kappa shape index (κ2) is 26.7. The molecule has 0 aromatic rings. The molecule has 0 radical (unpaired) electrons. The van der Waals surface area contributed by atoms with Gasteiger partial charge in [-0.25, -0.2) is 0 Å². The molecule has 35 nitrogen and oxygen atoms in total. The summed E-state index contributed by atoms with van der Waals surface area (Å²) in [6, 6.07) is 0. The van der Waals surface area contributed by atoms with Crippen LogP contribution in [-0.2, 0) is 66.3 Å². The van der Waals surface area contributed by atoms with Gasteiger partial charge in [0.1, 0.15) is 165 Å². The summed E-state index contributed by atoms with van der Waals surface area (Å²) in [5.41, 5.74) is 0. The molecule has 19 saturated heterocycles. The first-order valence-corrected chi connectivity index (χ1v) is 25.1. The number of hydrogen-bond donors (Lipinski definition) is 21. The Hall–Kier alpha value is -1.40. The smallest absolute Gasteiger partial charge is 0.187 e. The van der Waals surface area contributed by atoms with Crippen LogP contribution in [0.2, 0.25) is 0 Å². The number of hydrogen-bond acceptors (Lipinski definition) is 35. The van der Waals surface area contributed by atoms with Crippen molar-refractivity contribution >= 4 is 0 Å². The molecule has 35 atom stereocenters. The monoisotopic (exact) mass is 1150 g/mol. The summed E-state index contributed by atoms with van der Waals surface area (Å²) in [5.74, 6) is 0. The van der Waals surface area contributed by atoms with Crippen molar-refractivity contribution in [2.75, 3.05) is 46.2 Å². The summed E-state index contributed by atoms with van der Waals surface area (Å²) in [7, 11) is 0. The van der Waals surface area contributed by atoms with Gasteiger partial charge in [0.2, 0.25) is 0 Å². The molecule has 0 aromatic heterocycles. The Kier molecular flexibility index (Phi) is 21.4. The van der Waals surface area contributed by atoms with Crippen molar-refractivity contribution in [1.82, 2.24) is 0 Å². The van der Waals surface area contributed by atoms with Crippen LogP contribution in [0.15, 0.2) is 0 Å². The molecule has 21 N–H and O–H groups in total. The first kappa shape index (κ1) is 62.6. The molecule has 0 saturated carbocycles. The Bertz CT molecular complexity index is 1840. The Morgan fingerprint density at radius 2 is 0.359 bits per heavy atom. The summed E-state index contributed by atoms with van der Waals surface area (Å²) < 4.78 is 80.0. The van der Waals surface area contributed by atoms with Gasteiger partial charge >= 0.3 is 0 Å². The zero-order valence-electron chi connectivity index (χ0n) is 41.0. The van der Waals surface area contributed by atoms with Crippen molar-refractivity contribution in [1.29, 1.82) is 0 Å². The van der Waals surface area contributed by atoms with Crippen LogP contribution >= 0.6 is 0 Å². The summed E-state index contributed by atoms with van der Waals surface area (Å²) in [6.45, 7) is -7.29. The summed E-state index contributed by atoms with van der Waals surface area (Å²) in [4.78, 5) is 0. The minimum absolute atomic E-state index is 0.725. The van der Waals surface area contributed by atoms with Crippen molar-refractivity contribution in [2.24, 2.45) is 0 Å². The lowest BCUT2D eigenvalue weighted by Crippen LogP contribution is -2.68. The fourth-order valence-corrected chi connectivity index (χ4v) is 10.6. The van der Waals surface area contributed by atoms with E-state index < -0.39 is 268 Å². The van der Waals surface area contributed by atoms with Gasteiger partial charge in [0.15, 0.2) is 44.0 Å². The highest BCUT2D eigenvalue weighted by Crippen LogP contribution is 2.38. The topological polar surface area (TPSA) is 554 Å². The molecule has 0 aromatic carbocycles. The highest BCUT2D eigenvalue weighted by molar-refractivity contribution is 5.01. The van der Waals surface area contributed by atoms with Gasteiger partial charge in [-0.1, -0.05) is 0 Å². The quantitative estimate of drug-likeness (QED) is 0.113. The fraction of sp³-hybridized carbons (Fsp3) is 1.00. The van der Waals surface area contributed by atoms with E-state index >= 15 is 0 Å². The second-order valence-electron chi connectivity index (χ2n) is 20.0. The molecule has 78 heavy (non-hydrogen) atoms. The zero-order valence-corrected chi connectivity index (χ0v) is 41.0. The third-order valence-electron chi connectivity index (χ3n) is 15.0. The normalized spacial score (nSPS) is 55.0. The molecule has 454 valence electrons. The minimum Gasteiger partial charge on any atom is -0.394 e. The van der Waals surface area contributed by atoms with E-state index in [1.54, 1.807) is 0 Å². The number of aliphatic hydroxyl groups is 21. The maximum atomic E-state index is 11.4. The lowest BCUT2D eigenvalue weighted by Gasteiger charge is -2.50. The van der Waals surface area contributed by atoms with Gasteiger partial charge in [-0.2, -0.15) is 0 Å². The highest BCUT2D eigenvalue weighted by Gasteiger charge is 2.59. The largest absolute Gasteiger partial charge is 0.394 e. The lowest BCUT2D eigenvalue weighted by molar-refractivity contribution is -0.397. The molecular weight excluding hydrogens is 1080 g/mol. The molecule has 19 aliphatic heterocycles. The summed E-state index contributed by atoms with van der Waals surface area (Å²) in [5, 5.41) is 231. The average Bonchev–Trinajstić information content (AvgIpc) is 3.55. The van der Waals surface area contributed by atoms with Crippen LogP contribution in [0.25, 0.3) is 0 Å². The maximum absolute atomic E-state index is 11.4. The first-order valence-electron chi connectivity index (χ1n) is 25.1. The van der Waals surface area contributed by atoms with E-state index in [1.807, 2.05) is 0 Å². The molecule has 16 unspecified atom stereocenters. The fourth-order valence-electron chi connectivity index (χ4n) is 10.6. The maximum Gasteiger partial charge on any atom is 0.187 e. The summed E-state index contributed by atoms with van der Waals surface area (Å²) in [6.07, 6.45) is -70.0. The predicted molar refractivity (Wildman–Crippen MR) is 233 cm³/mol. The molecule has 19 fully saturated rings. The molecule has 19 heterocycles. The van der Waals surface area contributed by atoms with Gasteiger partial charge < -0.3 is 174 Å². The van der Waals surface area contributed by atoms with Gasteiger partial charge in [0.05, 0.1) is 52.4 Å². The Morgan fingerprint density at radius 1 is 0.192 bits per heavy atom. The van der Waals surface area contributed by atoms with E-state index in [2.05, 4.69) is 0 Å². The SMILES string of the molecule is OCC1O[C@@H]2O[C@H]3C(O)CC(O)[C@H](OC3CO)O[C@@H]3C(CO)O[C@H](O[C@@H]4C(CO)O[C@H](O[C@@H]5C(CO)O[C@H](O[C@@H]6C(CO)O[C@H](O[C@@H]7C(CO)O[C@H](O[C@H]1C(O)C2O)C(O)[C@H]7O)[C@H](O)C6O)[C@H](O)C5O)[C@H](O)C4O)[C@H](O)C3O.